The summed E-state index contributed by atoms with van der Waals surface area (Å²) < 4.78 is 0. The molecule has 0 aromatic carbocycles. The molecule has 0 fully saturated rings. The van der Waals surface area contributed by atoms with Crippen LogP contribution in [0.1, 0.15) is 34.1 Å². The van der Waals surface area contributed by atoms with Gasteiger partial charge in [-0.15, -0.1) is 0 Å². The summed E-state index contributed by atoms with van der Waals surface area (Å²) in [4.78, 5) is 4.19. The normalized spacial score (nSPS) is 11.2. The van der Waals surface area contributed by atoms with Crippen LogP contribution in [0, 0.1) is 5.41 Å². The lowest BCUT2D eigenvalue weighted by atomic mass is 9.92. The van der Waals surface area contributed by atoms with Gasteiger partial charge in [0.25, 0.3) is 0 Å². The van der Waals surface area contributed by atoms with Crippen LogP contribution in [-0.2, 0) is 0 Å². The molecule has 3 nitrogen and oxygen atoms in total. The summed E-state index contributed by atoms with van der Waals surface area (Å²) in [5.41, 5.74) is 2.53. The molecule has 1 aromatic rings. The highest BCUT2D eigenvalue weighted by Gasteiger charge is 2.08. The summed E-state index contributed by atoms with van der Waals surface area (Å²) in [6.07, 6.45) is 4.86. The molecule has 2 N–H and O–H groups in total. The van der Waals surface area contributed by atoms with Crippen LogP contribution in [0.4, 0.5) is 11.4 Å². The molecule has 0 saturated carbocycles. The van der Waals surface area contributed by atoms with Gasteiger partial charge in [0, 0.05) is 13.1 Å². The van der Waals surface area contributed by atoms with Gasteiger partial charge in [0.05, 0.1) is 23.8 Å². The van der Waals surface area contributed by atoms with E-state index in [9.17, 15) is 0 Å². The van der Waals surface area contributed by atoms with Crippen molar-refractivity contribution in [1.82, 2.24) is 4.98 Å². The van der Waals surface area contributed by atoms with E-state index in [4.69, 9.17) is 0 Å². The van der Waals surface area contributed by atoms with E-state index in [1.54, 1.807) is 0 Å². The zero-order valence-corrected chi connectivity index (χ0v) is 10.8. The van der Waals surface area contributed by atoms with Crippen molar-refractivity contribution in [2.45, 2.75) is 34.1 Å². The smallest absolute Gasteiger partial charge is 0.0547 e. The Balaban J connectivity index is 2.44. The fraction of sp³-hybridized carbons (Fsp3) is 0.615. The second-order valence-electron chi connectivity index (χ2n) is 5.23. The van der Waals surface area contributed by atoms with Gasteiger partial charge in [0.2, 0.25) is 0 Å². The van der Waals surface area contributed by atoms with E-state index in [-0.39, 0.29) is 0 Å². The molecule has 0 unspecified atom stereocenters. The Morgan fingerprint density at radius 3 is 2.31 bits per heavy atom. The molecule has 90 valence electrons. The van der Waals surface area contributed by atoms with Crippen LogP contribution in [0.2, 0.25) is 0 Å². The third-order valence-corrected chi connectivity index (χ3v) is 2.32. The predicted molar refractivity (Wildman–Crippen MR) is 71.0 cm³/mol. The quantitative estimate of drug-likeness (QED) is 0.800. The molecule has 1 rings (SSSR count). The van der Waals surface area contributed by atoms with Gasteiger partial charge in [-0.2, -0.15) is 0 Å². The van der Waals surface area contributed by atoms with Gasteiger partial charge in [0.1, 0.15) is 0 Å². The highest BCUT2D eigenvalue weighted by Crippen LogP contribution is 2.19. The average molecular weight is 221 g/mol. The molecule has 1 heterocycles. The van der Waals surface area contributed by atoms with E-state index >= 15 is 0 Å². The van der Waals surface area contributed by atoms with Crippen LogP contribution >= 0.6 is 0 Å². The molecule has 1 aromatic heterocycles. The molecule has 0 aliphatic heterocycles. The minimum absolute atomic E-state index is 0.375. The average Bonchev–Trinajstić information content (AvgIpc) is 2.17. The van der Waals surface area contributed by atoms with E-state index < -0.39 is 0 Å². The number of hydrogen-bond acceptors (Lipinski definition) is 3. The van der Waals surface area contributed by atoms with Crippen molar-refractivity contribution in [3.05, 3.63) is 18.5 Å². The van der Waals surface area contributed by atoms with Gasteiger partial charge >= 0.3 is 0 Å². The maximum atomic E-state index is 4.19. The number of rotatable bonds is 5. The van der Waals surface area contributed by atoms with Crippen molar-refractivity contribution in [2.75, 3.05) is 23.7 Å². The summed E-state index contributed by atoms with van der Waals surface area (Å²) in [6, 6.07) is 2.10. The lowest BCUT2D eigenvalue weighted by Gasteiger charge is -2.18. The van der Waals surface area contributed by atoms with E-state index in [1.165, 1.54) is 0 Å². The molecule has 0 atom stereocenters. The number of aromatic nitrogens is 1. The Hall–Kier alpha value is -1.25. The maximum Gasteiger partial charge on any atom is 0.0547 e. The van der Waals surface area contributed by atoms with Gasteiger partial charge < -0.3 is 10.6 Å². The first-order valence-corrected chi connectivity index (χ1v) is 5.94. The van der Waals surface area contributed by atoms with Crippen molar-refractivity contribution in [3.8, 4) is 0 Å². The van der Waals surface area contributed by atoms with Crippen molar-refractivity contribution in [2.24, 2.45) is 5.41 Å². The van der Waals surface area contributed by atoms with Crippen LogP contribution in [0.3, 0.4) is 0 Å². The Morgan fingerprint density at radius 2 is 1.75 bits per heavy atom. The summed E-state index contributed by atoms with van der Waals surface area (Å²) in [6.45, 7) is 10.7. The fourth-order valence-electron chi connectivity index (χ4n) is 1.42. The SMILES string of the molecule is CCNc1cncc(NCCC(C)(C)C)c1. The number of anilines is 2. The second-order valence-corrected chi connectivity index (χ2v) is 5.23. The zero-order chi connectivity index (χ0) is 12.0. The molecular weight excluding hydrogens is 198 g/mol. The molecule has 0 aliphatic carbocycles. The number of nitrogens with zero attached hydrogens (tertiary/aromatic N) is 1. The Morgan fingerprint density at radius 1 is 1.12 bits per heavy atom. The molecule has 0 saturated heterocycles. The number of hydrogen-bond donors (Lipinski definition) is 2. The molecule has 0 amide bonds. The first-order chi connectivity index (χ1) is 7.51. The van der Waals surface area contributed by atoms with Crippen molar-refractivity contribution < 1.29 is 0 Å². The summed E-state index contributed by atoms with van der Waals surface area (Å²) in [5, 5.41) is 6.65. The fourth-order valence-corrected chi connectivity index (χ4v) is 1.42. The second kappa shape index (κ2) is 5.73. The molecule has 0 spiro atoms. The monoisotopic (exact) mass is 221 g/mol. The number of pyridine rings is 1. The van der Waals surface area contributed by atoms with E-state index in [0.717, 1.165) is 30.9 Å². The molecular formula is C13H23N3. The lowest BCUT2D eigenvalue weighted by molar-refractivity contribution is 0.390. The standard InChI is InChI=1S/C13H23N3/c1-5-15-11-8-12(10-14-9-11)16-7-6-13(2,3)4/h8-10,15-16H,5-7H2,1-4H3. The van der Waals surface area contributed by atoms with Gasteiger partial charge in [-0.3, -0.25) is 4.98 Å². The zero-order valence-electron chi connectivity index (χ0n) is 10.8. The van der Waals surface area contributed by atoms with E-state index in [2.05, 4.69) is 49.4 Å². The highest BCUT2D eigenvalue weighted by molar-refractivity contribution is 5.53. The van der Waals surface area contributed by atoms with Crippen molar-refractivity contribution >= 4 is 11.4 Å². The largest absolute Gasteiger partial charge is 0.384 e. The van der Waals surface area contributed by atoms with Crippen LogP contribution in [-0.4, -0.2) is 18.1 Å². The summed E-state index contributed by atoms with van der Waals surface area (Å²) >= 11 is 0. The van der Waals surface area contributed by atoms with Crippen LogP contribution in [0.15, 0.2) is 18.5 Å². The molecule has 16 heavy (non-hydrogen) atoms. The summed E-state index contributed by atoms with van der Waals surface area (Å²) in [7, 11) is 0. The Labute approximate surface area is 98.7 Å². The van der Waals surface area contributed by atoms with E-state index in [0.29, 0.717) is 5.41 Å². The van der Waals surface area contributed by atoms with Gasteiger partial charge in [-0.1, -0.05) is 20.8 Å². The van der Waals surface area contributed by atoms with Crippen LogP contribution in [0.25, 0.3) is 0 Å². The molecule has 3 heteroatoms. The highest BCUT2D eigenvalue weighted by atomic mass is 14.9. The molecule has 0 radical (unpaired) electrons. The minimum atomic E-state index is 0.375. The van der Waals surface area contributed by atoms with Crippen LogP contribution in [0.5, 0.6) is 0 Å². The van der Waals surface area contributed by atoms with Gasteiger partial charge in [0.15, 0.2) is 0 Å². The lowest BCUT2D eigenvalue weighted by Crippen LogP contribution is -2.13. The van der Waals surface area contributed by atoms with Crippen molar-refractivity contribution in [1.29, 1.82) is 0 Å². The minimum Gasteiger partial charge on any atom is -0.384 e. The van der Waals surface area contributed by atoms with E-state index in [1.807, 2.05) is 12.4 Å². The maximum absolute atomic E-state index is 4.19. The third-order valence-electron chi connectivity index (χ3n) is 2.32. The third kappa shape index (κ3) is 5.01. The molecule has 0 aliphatic rings. The molecule has 0 bridgehead atoms. The Kier molecular flexibility index (Phi) is 4.59. The Bertz CT molecular complexity index is 315. The topological polar surface area (TPSA) is 37.0 Å². The summed E-state index contributed by atoms with van der Waals surface area (Å²) in [5.74, 6) is 0. The predicted octanol–water partition coefficient (Wildman–Crippen LogP) is 3.36. The first-order valence-electron chi connectivity index (χ1n) is 5.94. The van der Waals surface area contributed by atoms with Crippen molar-refractivity contribution in [3.63, 3.8) is 0 Å². The first kappa shape index (κ1) is 12.8. The van der Waals surface area contributed by atoms with Gasteiger partial charge in [-0.25, -0.2) is 0 Å². The van der Waals surface area contributed by atoms with Gasteiger partial charge in [-0.05, 0) is 24.8 Å². The number of nitrogens with one attached hydrogen (secondary N) is 2. The van der Waals surface area contributed by atoms with Crippen LogP contribution < -0.4 is 10.6 Å².